The molecule has 0 aliphatic rings. The highest BCUT2D eigenvalue weighted by atomic mass is 35.5. The molecule has 0 bridgehead atoms. The van der Waals surface area contributed by atoms with Gasteiger partial charge >= 0.3 is 0 Å². The number of carbonyl (C=O) groups excluding carboxylic acids is 1. The van der Waals surface area contributed by atoms with Crippen LogP contribution in [0.25, 0.3) is 0 Å². The Hall–Kier alpha value is -1.13. The van der Waals surface area contributed by atoms with Crippen LogP contribution in [0.4, 0.5) is 4.39 Å². The molecule has 1 unspecified atom stereocenters. The summed E-state index contributed by atoms with van der Waals surface area (Å²) in [4.78, 5) is 11.5. The molecular formula is C10H11ClFNO2. The van der Waals surface area contributed by atoms with E-state index in [1.54, 1.807) is 0 Å². The summed E-state index contributed by atoms with van der Waals surface area (Å²) >= 11 is 5.61. The molecule has 0 radical (unpaired) electrons. The van der Waals surface area contributed by atoms with Crippen LogP contribution < -0.4 is 10.5 Å². The molecule has 5 heteroatoms. The van der Waals surface area contributed by atoms with Crippen molar-refractivity contribution in [3.05, 3.63) is 28.5 Å². The summed E-state index contributed by atoms with van der Waals surface area (Å²) in [5.41, 5.74) is 5.56. The smallest absolute Gasteiger partial charge is 0.179 e. The van der Waals surface area contributed by atoms with E-state index in [9.17, 15) is 9.18 Å². The number of ketones is 1. The largest absolute Gasteiger partial charge is 0.495 e. The number of methoxy groups -OCH3 is 1. The predicted molar refractivity (Wildman–Crippen MR) is 55.9 cm³/mol. The molecule has 0 fully saturated rings. The first-order valence-corrected chi connectivity index (χ1v) is 4.68. The second-order valence-corrected chi connectivity index (χ2v) is 3.51. The standard InChI is InChI=1S/C10H11ClFNO2/c1-5(13)10(14)6-3-7(12)9(11)8(4-6)15-2/h3-5H,13H2,1-2H3. The second kappa shape index (κ2) is 4.59. The molecule has 0 saturated carbocycles. The molecule has 0 aliphatic carbocycles. The van der Waals surface area contributed by atoms with E-state index >= 15 is 0 Å². The Morgan fingerprint density at radius 3 is 2.67 bits per heavy atom. The zero-order valence-corrected chi connectivity index (χ0v) is 9.14. The van der Waals surface area contributed by atoms with Crippen molar-refractivity contribution in [2.24, 2.45) is 5.73 Å². The Bertz CT molecular complexity index is 393. The van der Waals surface area contributed by atoms with Crippen molar-refractivity contribution >= 4 is 17.4 Å². The van der Waals surface area contributed by atoms with Gasteiger partial charge in [-0.3, -0.25) is 4.79 Å². The van der Waals surface area contributed by atoms with Crippen molar-refractivity contribution in [3.8, 4) is 5.75 Å². The topological polar surface area (TPSA) is 52.3 Å². The molecule has 1 rings (SSSR count). The van der Waals surface area contributed by atoms with E-state index in [-0.39, 0.29) is 22.1 Å². The third-order valence-electron chi connectivity index (χ3n) is 1.91. The fourth-order valence-corrected chi connectivity index (χ4v) is 1.30. The molecule has 2 N–H and O–H groups in total. The van der Waals surface area contributed by atoms with Gasteiger partial charge < -0.3 is 10.5 Å². The lowest BCUT2D eigenvalue weighted by Gasteiger charge is -2.08. The average molecular weight is 232 g/mol. The highest BCUT2D eigenvalue weighted by Gasteiger charge is 2.16. The Balaban J connectivity index is 3.22. The minimum Gasteiger partial charge on any atom is -0.495 e. The van der Waals surface area contributed by atoms with Crippen LogP contribution in [0.2, 0.25) is 5.02 Å². The van der Waals surface area contributed by atoms with Crippen LogP contribution in [0.15, 0.2) is 12.1 Å². The van der Waals surface area contributed by atoms with Crippen LogP contribution >= 0.6 is 11.6 Å². The molecule has 1 atom stereocenters. The van der Waals surface area contributed by atoms with E-state index < -0.39 is 11.9 Å². The molecule has 0 aromatic heterocycles. The lowest BCUT2D eigenvalue weighted by atomic mass is 10.1. The van der Waals surface area contributed by atoms with Crippen molar-refractivity contribution in [2.45, 2.75) is 13.0 Å². The molecule has 0 saturated heterocycles. The number of halogens is 2. The summed E-state index contributed by atoms with van der Waals surface area (Å²) in [6.07, 6.45) is 0. The van der Waals surface area contributed by atoms with E-state index in [0.717, 1.165) is 6.07 Å². The first-order valence-electron chi connectivity index (χ1n) is 4.30. The Morgan fingerprint density at radius 1 is 1.60 bits per heavy atom. The van der Waals surface area contributed by atoms with Crippen LogP contribution in [0.5, 0.6) is 5.75 Å². The van der Waals surface area contributed by atoms with Gasteiger partial charge in [-0.1, -0.05) is 11.6 Å². The van der Waals surface area contributed by atoms with Gasteiger partial charge in [-0.05, 0) is 19.1 Å². The summed E-state index contributed by atoms with van der Waals surface area (Å²) in [5, 5.41) is -0.140. The van der Waals surface area contributed by atoms with Gasteiger partial charge in [-0.15, -0.1) is 0 Å². The van der Waals surface area contributed by atoms with Gasteiger partial charge in [0.15, 0.2) is 5.78 Å². The minimum absolute atomic E-state index is 0.126. The number of ether oxygens (including phenoxy) is 1. The first-order chi connectivity index (χ1) is 6.97. The number of rotatable bonds is 3. The molecule has 0 spiro atoms. The minimum atomic E-state index is -0.694. The maximum absolute atomic E-state index is 13.2. The van der Waals surface area contributed by atoms with E-state index in [4.69, 9.17) is 22.1 Å². The predicted octanol–water partition coefficient (Wildman–Crippen LogP) is 2.02. The van der Waals surface area contributed by atoms with Crippen molar-refractivity contribution in [2.75, 3.05) is 7.11 Å². The SMILES string of the molecule is COc1cc(C(=O)C(C)N)cc(F)c1Cl. The molecular weight excluding hydrogens is 221 g/mol. The number of hydrogen-bond acceptors (Lipinski definition) is 3. The lowest BCUT2D eigenvalue weighted by molar-refractivity contribution is 0.0967. The van der Waals surface area contributed by atoms with Crippen LogP contribution in [-0.4, -0.2) is 18.9 Å². The van der Waals surface area contributed by atoms with Gasteiger partial charge in [0, 0.05) is 5.56 Å². The summed E-state index contributed by atoms with van der Waals surface area (Å²) < 4.78 is 18.1. The maximum atomic E-state index is 13.2. The monoisotopic (exact) mass is 231 g/mol. The number of carbonyl (C=O) groups is 1. The average Bonchev–Trinajstić information content (AvgIpc) is 2.20. The number of nitrogens with two attached hydrogens (primary N) is 1. The van der Waals surface area contributed by atoms with Crippen LogP contribution in [0, 0.1) is 5.82 Å². The molecule has 82 valence electrons. The number of hydrogen-bond donors (Lipinski definition) is 1. The number of Topliss-reactive ketones (excluding diaryl/α,β-unsaturated/α-hetero) is 1. The van der Waals surface area contributed by atoms with Crippen molar-refractivity contribution in [1.82, 2.24) is 0 Å². The second-order valence-electron chi connectivity index (χ2n) is 3.13. The van der Waals surface area contributed by atoms with Gasteiger partial charge in [0.1, 0.15) is 16.6 Å². The fraction of sp³-hybridized carbons (Fsp3) is 0.300. The fourth-order valence-electron chi connectivity index (χ4n) is 1.12. The molecule has 15 heavy (non-hydrogen) atoms. The summed E-state index contributed by atoms with van der Waals surface area (Å²) in [7, 11) is 1.35. The van der Waals surface area contributed by atoms with Crippen LogP contribution in [0.3, 0.4) is 0 Å². The molecule has 0 heterocycles. The molecule has 0 aliphatic heterocycles. The third kappa shape index (κ3) is 2.46. The Morgan fingerprint density at radius 2 is 2.20 bits per heavy atom. The lowest BCUT2D eigenvalue weighted by Crippen LogP contribution is -2.26. The maximum Gasteiger partial charge on any atom is 0.179 e. The molecule has 1 aromatic carbocycles. The summed E-state index contributed by atoms with van der Waals surface area (Å²) in [6.45, 7) is 1.53. The molecule has 1 aromatic rings. The van der Waals surface area contributed by atoms with Crippen molar-refractivity contribution < 1.29 is 13.9 Å². The Kier molecular flexibility index (Phi) is 3.66. The van der Waals surface area contributed by atoms with E-state index in [2.05, 4.69) is 0 Å². The van der Waals surface area contributed by atoms with E-state index in [1.165, 1.54) is 20.1 Å². The first kappa shape index (κ1) is 11.9. The highest BCUT2D eigenvalue weighted by Crippen LogP contribution is 2.28. The Labute approximate surface area is 92.0 Å². The van der Waals surface area contributed by atoms with Gasteiger partial charge in [0.2, 0.25) is 0 Å². The van der Waals surface area contributed by atoms with Crippen molar-refractivity contribution in [1.29, 1.82) is 0 Å². The normalized spacial score (nSPS) is 12.3. The summed E-state index contributed by atoms with van der Waals surface area (Å²) in [6, 6.07) is 1.74. The quantitative estimate of drug-likeness (QED) is 0.810. The summed E-state index contributed by atoms with van der Waals surface area (Å²) in [5.74, 6) is -0.926. The molecule has 3 nitrogen and oxygen atoms in total. The van der Waals surface area contributed by atoms with Gasteiger partial charge in [0.25, 0.3) is 0 Å². The highest BCUT2D eigenvalue weighted by molar-refractivity contribution is 6.32. The zero-order valence-electron chi connectivity index (χ0n) is 8.38. The van der Waals surface area contributed by atoms with Gasteiger partial charge in [-0.2, -0.15) is 0 Å². The number of benzene rings is 1. The van der Waals surface area contributed by atoms with Gasteiger partial charge in [0.05, 0.1) is 13.2 Å². The van der Waals surface area contributed by atoms with Crippen molar-refractivity contribution in [3.63, 3.8) is 0 Å². The van der Waals surface area contributed by atoms with Crippen LogP contribution in [0.1, 0.15) is 17.3 Å². The third-order valence-corrected chi connectivity index (χ3v) is 2.28. The van der Waals surface area contributed by atoms with Gasteiger partial charge in [-0.25, -0.2) is 4.39 Å². The van der Waals surface area contributed by atoms with E-state index in [1.807, 2.05) is 0 Å². The van der Waals surface area contributed by atoms with Crippen LogP contribution in [-0.2, 0) is 0 Å². The molecule has 0 amide bonds. The van der Waals surface area contributed by atoms with E-state index in [0.29, 0.717) is 0 Å². The zero-order chi connectivity index (χ0) is 11.6.